The quantitative estimate of drug-likeness (QED) is 0.483. The van der Waals surface area contributed by atoms with Gasteiger partial charge in [-0.3, -0.25) is 4.79 Å². The van der Waals surface area contributed by atoms with Crippen LogP contribution in [0.15, 0.2) is 51.9 Å². The number of aromatic nitrogens is 1. The second kappa shape index (κ2) is 10.3. The van der Waals surface area contributed by atoms with Gasteiger partial charge in [-0.15, -0.1) is 0 Å². The average Bonchev–Trinajstić information content (AvgIpc) is 3.25. The van der Waals surface area contributed by atoms with Gasteiger partial charge in [0.1, 0.15) is 0 Å². The third-order valence-corrected chi connectivity index (χ3v) is 7.74. The fourth-order valence-electron chi connectivity index (χ4n) is 3.53. The number of sulfonamides is 1. The van der Waals surface area contributed by atoms with Crippen molar-refractivity contribution in [1.82, 2.24) is 9.29 Å². The van der Waals surface area contributed by atoms with E-state index >= 15 is 0 Å². The summed E-state index contributed by atoms with van der Waals surface area (Å²) in [6.07, 6.45) is 2.17. The minimum absolute atomic E-state index is 0.166. The van der Waals surface area contributed by atoms with Crippen LogP contribution in [0.2, 0.25) is 0 Å². The Hall–Kier alpha value is -2.97. The fraction of sp³-hybridized carbons (Fsp3) is 0.360. The van der Waals surface area contributed by atoms with Crippen LogP contribution in [0.1, 0.15) is 42.8 Å². The molecule has 0 aliphatic carbocycles. The van der Waals surface area contributed by atoms with Crippen molar-refractivity contribution in [3.63, 3.8) is 0 Å². The van der Waals surface area contributed by atoms with Crippen LogP contribution in [0.5, 0.6) is 0 Å². The lowest BCUT2D eigenvalue weighted by Gasteiger charge is -2.20. The molecule has 8 heteroatoms. The van der Waals surface area contributed by atoms with E-state index in [1.165, 1.54) is 10.4 Å². The summed E-state index contributed by atoms with van der Waals surface area (Å²) in [5.74, 6) is 0.905. The van der Waals surface area contributed by atoms with Crippen LogP contribution in [0.4, 0.5) is 5.69 Å². The second-order valence-corrected chi connectivity index (χ2v) is 9.97. The van der Waals surface area contributed by atoms with Crippen LogP contribution >= 0.6 is 0 Å². The molecule has 0 radical (unpaired) electrons. The number of aryl methyl sites for hydroxylation is 3. The van der Waals surface area contributed by atoms with Crippen molar-refractivity contribution < 1.29 is 17.6 Å². The molecule has 0 bridgehead atoms. The number of hydrogen-bond acceptors (Lipinski definition) is 5. The van der Waals surface area contributed by atoms with E-state index in [-0.39, 0.29) is 17.2 Å². The number of carbonyl (C=O) groups is 1. The molecule has 0 unspecified atom stereocenters. The van der Waals surface area contributed by atoms with Crippen molar-refractivity contribution in [2.75, 3.05) is 18.4 Å². The highest BCUT2D eigenvalue weighted by Crippen LogP contribution is 2.27. The standard InChI is InChI=1S/C25H31N3O4S/c1-6-28(7-2)33(30,31)21-14-18(4)19(5)22(15-21)27-24(29)12-13-25-26-16-23(32-25)20-10-8-17(3)9-11-20/h8-11,14-16H,6-7,12-13H2,1-5H3,(H,27,29). The van der Waals surface area contributed by atoms with Gasteiger partial charge in [-0.2, -0.15) is 4.31 Å². The molecule has 1 heterocycles. The van der Waals surface area contributed by atoms with Gasteiger partial charge in [0, 0.05) is 37.2 Å². The molecule has 33 heavy (non-hydrogen) atoms. The van der Waals surface area contributed by atoms with Crippen molar-refractivity contribution in [2.45, 2.75) is 52.4 Å². The molecule has 3 aromatic rings. The Morgan fingerprint density at radius 3 is 2.36 bits per heavy atom. The van der Waals surface area contributed by atoms with Gasteiger partial charge in [-0.25, -0.2) is 13.4 Å². The number of nitrogens with zero attached hydrogens (tertiary/aromatic N) is 2. The van der Waals surface area contributed by atoms with Crippen molar-refractivity contribution in [1.29, 1.82) is 0 Å². The smallest absolute Gasteiger partial charge is 0.243 e. The number of carbonyl (C=O) groups excluding carboxylic acids is 1. The third-order valence-electron chi connectivity index (χ3n) is 5.71. The first-order valence-corrected chi connectivity index (χ1v) is 12.5. The summed E-state index contributed by atoms with van der Waals surface area (Å²) in [6.45, 7) is 10.1. The molecule has 0 saturated heterocycles. The van der Waals surface area contributed by atoms with Crippen LogP contribution in [-0.2, 0) is 21.2 Å². The molecule has 1 amide bonds. The highest BCUT2D eigenvalue weighted by molar-refractivity contribution is 7.89. The number of hydrogen-bond donors (Lipinski definition) is 1. The van der Waals surface area contributed by atoms with Crippen LogP contribution in [0.3, 0.4) is 0 Å². The lowest BCUT2D eigenvalue weighted by Crippen LogP contribution is -2.30. The second-order valence-electron chi connectivity index (χ2n) is 8.03. The minimum atomic E-state index is -3.62. The predicted octanol–water partition coefficient (Wildman–Crippen LogP) is 4.87. The van der Waals surface area contributed by atoms with Gasteiger partial charge in [0.05, 0.1) is 11.1 Å². The Bertz CT molecular complexity index is 1230. The number of anilines is 1. The first-order chi connectivity index (χ1) is 15.6. The molecular weight excluding hydrogens is 438 g/mol. The number of amides is 1. The van der Waals surface area contributed by atoms with E-state index in [0.717, 1.165) is 22.3 Å². The highest BCUT2D eigenvalue weighted by atomic mass is 32.2. The average molecular weight is 470 g/mol. The Kier molecular flexibility index (Phi) is 7.71. The van der Waals surface area contributed by atoms with E-state index in [4.69, 9.17) is 4.42 Å². The van der Waals surface area contributed by atoms with Gasteiger partial charge < -0.3 is 9.73 Å². The van der Waals surface area contributed by atoms with Crippen LogP contribution in [-0.4, -0.2) is 36.7 Å². The van der Waals surface area contributed by atoms with E-state index in [0.29, 0.717) is 36.8 Å². The monoisotopic (exact) mass is 469 g/mol. The maximum absolute atomic E-state index is 12.9. The Morgan fingerprint density at radius 2 is 1.73 bits per heavy atom. The summed E-state index contributed by atoms with van der Waals surface area (Å²) in [6, 6.07) is 11.1. The minimum Gasteiger partial charge on any atom is -0.441 e. The fourth-order valence-corrected chi connectivity index (χ4v) is 5.10. The summed E-state index contributed by atoms with van der Waals surface area (Å²) >= 11 is 0. The zero-order valence-corrected chi connectivity index (χ0v) is 20.6. The van der Waals surface area contributed by atoms with Gasteiger partial charge in [0.15, 0.2) is 11.7 Å². The SMILES string of the molecule is CCN(CC)S(=O)(=O)c1cc(C)c(C)c(NC(=O)CCc2ncc(-c3ccc(C)cc3)o2)c1. The molecule has 1 aromatic heterocycles. The van der Waals surface area contributed by atoms with Gasteiger partial charge >= 0.3 is 0 Å². The molecule has 2 aromatic carbocycles. The zero-order valence-electron chi connectivity index (χ0n) is 19.8. The Balaban J connectivity index is 1.70. The molecule has 0 spiro atoms. The Labute approximate surface area is 195 Å². The molecule has 0 aliphatic rings. The number of rotatable bonds is 9. The molecule has 0 fully saturated rings. The maximum Gasteiger partial charge on any atom is 0.243 e. The van der Waals surface area contributed by atoms with E-state index in [1.54, 1.807) is 26.1 Å². The van der Waals surface area contributed by atoms with E-state index in [9.17, 15) is 13.2 Å². The summed E-state index contributed by atoms with van der Waals surface area (Å²) in [5, 5.41) is 2.86. The van der Waals surface area contributed by atoms with E-state index < -0.39 is 10.0 Å². The first kappa shape index (κ1) is 24.7. The molecule has 176 valence electrons. The molecule has 7 nitrogen and oxygen atoms in total. The summed E-state index contributed by atoms with van der Waals surface area (Å²) in [5.41, 5.74) is 4.22. The van der Waals surface area contributed by atoms with Gasteiger partial charge in [0.2, 0.25) is 15.9 Å². The lowest BCUT2D eigenvalue weighted by molar-refractivity contribution is -0.116. The molecular formula is C25H31N3O4S. The predicted molar refractivity (Wildman–Crippen MR) is 130 cm³/mol. The van der Waals surface area contributed by atoms with Crippen LogP contribution in [0.25, 0.3) is 11.3 Å². The summed E-state index contributed by atoms with van der Waals surface area (Å²) < 4.78 is 33.1. The summed E-state index contributed by atoms with van der Waals surface area (Å²) in [7, 11) is -3.62. The highest BCUT2D eigenvalue weighted by Gasteiger charge is 2.23. The van der Waals surface area contributed by atoms with Crippen molar-refractivity contribution in [3.05, 3.63) is 65.2 Å². The Morgan fingerprint density at radius 1 is 1.06 bits per heavy atom. The molecule has 0 atom stereocenters. The van der Waals surface area contributed by atoms with Crippen molar-refractivity contribution in [3.8, 4) is 11.3 Å². The van der Waals surface area contributed by atoms with Crippen molar-refractivity contribution in [2.24, 2.45) is 0 Å². The summed E-state index contributed by atoms with van der Waals surface area (Å²) in [4.78, 5) is 17.1. The number of nitrogens with one attached hydrogen (secondary N) is 1. The van der Waals surface area contributed by atoms with Gasteiger partial charge in [-0.05, 0) is 44.0 Å². The van der Waals surface area contributed by atoms with Gasteiger partial charge in [-0.1, -0.05) is 43.7 Å². The van der Waals surface area contributed by atoms with E-state index in [1.807, 2.05) is 45.0 Å². The number of oxazole rings is 1. The molecule has 0 aliphatic heterocycles. The van der Waals surface area contributed by atoms with Crippen molar-refractivity contribution >= 4 is 21.6 Å². The number of benzene rings is 2. The first-order valence-electron chi connectivity index (χ1n) is 11.1. The van der Waals surface area contributed by atoms with E-state index in [2.05, 4.69) is 10.3 Å². The topological polar surface area (TPSA) is 92.5 Å². The molecule has 0 saturated carbocycles. The molecule has 3 rings (SSSR count). The zero-order chi connectivity index (χ0) is 24.2. The maximum atomic E-state index is 12.9. The van der Waals surface area contributed by atoms with Gasteiger partial charge in [0.25, 0.3) is 0 Å². The normalized spacial score (nSPS) is 11.7. The molecule has 1 N–H and O–H groups in total. The lowest BCUT2D eigenvalue weighted by atomic mass is 10.1. The third kappa shape index (κ3) is 5.69. The van der Waals surface area contributed by atoms with Crippen LogP contribution < -0.4 is 5.32 Å². The largest absolute Gasteiger partial charge is 0.441 e. The van der Waals surface area contributed by atoms with Crippen LogP contribution in [0, 0.1) is 20.8 Å².